The summed E-state index contributed by atoms with van der Waals surface area (Å²) in [5.74, 6) is -3.83. The first-order chi connectivity index (χ1) is 17.8. The molecule has 190 valence electrons. The number of esters is 1. The summed E-state index contributed by atoms with van der Waals surface area (Å²) in [7, 11) is 0. The van der Waals surface area contributed by atoms with Gasteiger partial charge in [-0.1, -0.05) is 37.3 Å². The summed E-state index contributed by atoms with van der Waals surface area (Å²) >= 11 is 0. The number of carbonyl (C=O) groups excluding carboxylic acids is 2. The molecule has 3 atom stereocenters. The van der Waals surface area contributed by atoms with Crippen molar-refractivity contribution in [1.29, 1.82) is 0 Å². The highest BCUT2D eigenvalue weighted by molar-refractivity contribution is 6.05. The molecule has 0 saturated carbocycles. The Morgan fingerprint density at radius 1 is 1.03 bits per heavy atom. The molecule has 5 N–H and O–H groups in total. The van der Waals surface area contributed by atoms with Crippen molar-refractivity contribution in [1.82, 2.24) is 5.32 Å². The van der Waals surface area contributed by atoms with Crippen LogP contribution in [0.4, 0.5) is 11.4 Å². The van der Waals surface area contributed by atoms with E-state index in [0.717, 1.165) is 19.4 Å². The summed E-state index contributed by atoms with van der Waals surface area (Å²) < 4.78 is 5.71. The number of aromatic hydroxyl groups is 1. The van der Waals surface area contributed by atoms with Crippen LogP contribution in [0.25, 0.3) is 0 Å². The minimum Gasteiger partial charge on any atom is -0.508 e. The molecule has 0 spiro atoms. The number of carbonyl (C=O) groups is 3. The number of carboxylic acids is 1. The molecule has 9 heteroatoms. The highest BCUT2D eigenvalue weighted by atomic mass is 16.5. The standard InChI is InChI=1S/C28H27N3O6/c1-15-10-11-30-23(12-15)31-20-9-5-4-8-19(20)24(27(34)35)25-21(31)13-16(32)14-22(25)37-28(36)18-7-3-2-6-17(18)26(29)33/h2-9,13-15,23-24,30,32H,10-12H2,1H3,(H2,29,33)(H,34,35). The molecule has 3 aromatic rings. The van der Waals surface area contributed by atoms with E-state index in [0.29, 0.717) is 22.9 Å². The van der Waals surface area contributed by atoms with E-state index in [-0.39, 0.29) is 34.4 Å². The fourth-order valence-corrected chi connectivity index (χ4v) is 5.31. The monoisotopic (exact) mass is 501 g/mol. The van der Waals surface area contributed by atoms with Gasteiger partial charge in [0.1, 0.15) is 17.4 Å². The molecule has 5 rings (SSSR count). The van der Waals surface area contributed by atoms with Crippen molar-refractivity contribution in [2.24, 2.45) is 11.7 Å². The van der Waals surface area contributed by atoms with Crippen LogP contribution in [0.15, 0.2) is 60.7 Å². The van der Waals surface area contributed by atoms with Gasteiger partial charge < -0.3 is 25.6 Å². The van der Waals surface area contributed by atoms with Crippen LogP contribution in [0.1, 0.15) is 57.5 Å². The number of nitrogens with zero attached hydrogens (tertiary/aromatic N) is 1. The maximum atomic E-state index is 13.2. The van der Waals surface area contributed by atoms with Gasteiger partial charge in [-0.15, -0.1) is 0 Å². The van der Waals surface area contributed by atoms with Gasteiger partial charge in [-0.05, 0) is 49.1 Å². The third-order valence-corrected chi connectivity index (χ3v) is 6.98. The van der Waals surface area contributed by atoms with Gasteiger partial charge in [0.25, 0.3) is 0 Å². The number of piperidine rings is 1. The van der Waals surface area contributed by atoms with Crippen molar-refractivity contribution in [3.63, 3.8) is 0 Å². The van der Waals surface area contributed by atoms with Crippen molar-refractivity contribution in [2.75, 3.05) is 11.4 Å². The Morgan fingerprint density at radius 3 is 2.43 bits per heavy atom. The Kier molecular flexibility index (Phi) is 6.31. The lowest BCUT2D eigenvalue weighted by Crippen LogP contribution is -2.49. The number of nitrogens with two attached hydrogens (primary N) is 1. The van der Waals surface area contributed by atoms with Crippen molar-refractivity contribution in [2.45, 2.75) is 31.8 Å². The molecule has 2 aliphatic rings. The zero-order valence-corrected chi connectivity index (χ0v) is 20.2. The summed E-state index contributed by atoms with van der Waals surface area (Å²) in [5, 5.41) is 24.5. The van der Waals surface area contributed by atoms with Crippen LogP contribution < -0.4 is 20.7 Å². The SMILES string of the molecule is CC1CCNC(N2c3ccccc3C(C(=O)O)c3c(OC(=O)c4ccccc4C(N)=O)cc(O)cc32)C1. The van der Waals surface area contributed by atoms with E-state index in [1.807, 2.05) is 17.0 Å². The van der Waals surface area contributed by atoms with Crippen LogP contribution in [0, 0.1) is 5.92 Å². The lowest BCUT2D eigenvalue weighted by atomic mass is 9.83. The lowest BCUT2D eigenvalue weighted by Gasteiger charge is -2.44. The summed E-state index contributed by atoms with van der Waals surface area (Å²) in [4.78, 5) is 39.7. The molecular formula is C28H27N3O6. The normalized spacial score (nSPS) is 20.5. The fraction of sp³-hybridized carbons (Fsp3) is 0.250. The van der Waals surface area contributed by atoms with Gasteiger partial charge in [-0.25, -0.2) is 4.79 Å². The molecule has 1 amide bonds. The minimum absolute atomic E-state index is 0.0244. The maximum absolute atomic E-state index is 13.2. The van der Waals surface area contributed by atoms with Gasteiger partial charge in [-0.3, -0.25) is 14.9 Å². The van der Waals surface area contributed by atoms with Gasteiger partial charge in [-0.2, -0.15) is 0 Å². The summed E-state index contributed by atoms with van der Waals surface area (Å²) in [6, 6.07) is 15.9. The zero-order chi connectivity index (χ0) is 26.3. The van der Waals surface area contributed by atoms with Crippen LogP contribution in [0.5, 0.6) is 11.5 Å². The Bertz CT molecular complexity index is 1400. The van der Waals surface area contributed by atoms with Crippen molar-refractivity contribution in [3.8, 4) is 11.5 Å². The van der Waals surface area contributed by atoms with Gasteiger partial charge in [0.05, 0.1) is 23.0 Å². The first-order valence-electron chi connectivity index (χ1n) is 12.1. The second-order valence-electron chi connectivity index (χ2n) is 9.48. The molecule has 0 aromatic heterocycles. The van der Waals surface area contributed by atoms with Crippen molar-refractivity contribution < 1.29 is 29.3 Å². The molecule has 0 bridgehead atoms. The number of ether oxygens (including phenoxy) is 1. The molecule has 2 aliphatic heterocycles. The second kappa shape index (κ2) is 9.59. The topological polar surface area (TPSA) is 142 Å². The van der Waals surface area contributed by atoms with Gasteiger partial charge >= 0.3 is 11.9 Å². The predicted octanol–water partition coefficient (Wildman–Crippen LogP) is 3.72. The summed E-state index contributed by atoms with van der Waals surface area (Å²) in [6.07, 6.45) is 1.64. The highest BCUT2D eigenvalue weighted by Gasteiger charge is 2.41. The van der Waals surface area contributed by atoms with Gasteiger partial charge in [0.15, 0.2) is 0 Å². The molecule has 2 heterocycles. The van der Waals surface area contributed by atoms with Crippen molar-refractivity contribution >= 4 is 29.2 Å². The van der Waals surface area contributed by atoms with E-state index in [2.05, 4.69) is 12.2 Å². The van der Waals surface area contributed by atoms with E-state index in [9.17, 15) is 24.6 Å². The van der Waals surface area contributed by atoms with E-state index in [1.54, 1.807) is 24.3 Å². The summed E-state index contributed by atoms with van der Waals surface area (Å²) in [5.41, 5.74) is 7.27. The Hall–Kier alpha value is -4.37. The van der Waals surface area contributed by atoms with Crippen LogP contribution >= 0.6 is 0 Å². The molecule has 0 aliphatic carbocycles. The number of benzene rings is 3. The molecule has 3 unspecified atom stereocenters. The Morgan fingerprint density at radius 2 is 1.73 bits per heavy atom. The minimum atomic E-state index is -1.15. The van der Waals surface area contributed by atoms with Crippen LogP contribution in [-0.2, 0) is 4.79 Å². The third kappa shape index (κ3) is 4.38. The molecule has 1 saturated heterocycles. The molecule has 0 radical (unpaired) electrons. The number of rotatable bonds is 5. The second-order valence-corrected chi connectivity index (χ2v) is 9.48. The number of hydrogen-bond acceptors (Lipinski definition) is 7. The number of anilines is 2. The van der Waals surface area contributed by atoms with Gasteiger partial charge in [0, 0.05) is 23.4 Å². The first-order valence-corrected chi connectivity index (χ1v) is 12.1. The number of nitrogens with one attached hydrogen (secondary N) is 1. The fourth-order valence-electron chi connectivity index (χ4n) is 5.31. The molecule has 9 nitrogen and oxygen atoms in total. The average molecular weight is 502 g/mol. The van der Waals surface area contributed by atoms with Gasteiger partial charge in [0.2, 0.25) is 5.91 Å². The molecule has 1 fully saturated rings. The van der Waals surface area contributed by atoms with Crippen LogP contribution in [-0.4, -0.2) is 40.8 Å². The maximum Gasteiger partial charge on any atom is 0.344 e. The number of carboxylic acid groups (broad SMARTS) is 1. The van der Waals surface area contributed by atoms with E-state index in [4.69, 9.17) is 10.5 Å². The number of hydrogen-bond donors (Lipinski definition) is 4. The number of phenolic OH excluding ortho intramolecular Hbond substituents is 1. The smallest absolute Gasteiger partial charge is 0.344 e. The number of primary amides is 1. The van der Waals surface area contributed by atoms with Crippen LogP contribution in [0.3, 0.4) is 0 Å². The van der Waals surface area contributed by atoms with Crippen LogP contribution in [0.2, 0.25) is 0 Å². The zero-order valence-electron chi connectivity index (χ0n) is 20.2. The molecule has 3 aromatic carbocycles. The number of fused-ring (bicyclic) bond motifs is 2. The Balaban J connectivity index is 1.68. The highest BCUT2D eigenvalue weighted by Crippen LogP contribution is 2.52. The van der Waals surface area contributed by atoms with E-state index < -0.39 is 23.8 Å². The summed E-state index contributed by atoms with van der Waals surface area (Å²) in [6.45, 7) is 2.95. The molecular weight excluding hydrogens is 474 g/mol. The number of para-hydroxylation sites is 1. The largest absolute Gasteiger partial charge is 0.508 e. The third-order valence-electron chi connectivity index (χ3n) is 6.98. The van der Waals surface area contributed by atoms with E-state index >= 15 is 0 Å². The quantitative estimate of drug-likeness (QED) is 0.306. The number of amides is 1. The lowest BCUT2D eigenvalue weighted by molar-refractivity contribution is -0.137. The number of aliphatic carboxylic acids is 1. The van der Waals surface area contributed by atoms with E-state index in [1.165, 1.54) is 24.3 Å². The van der Waals surface area contributed by atoms with Crippen molar-refractivity contribution in [3.05, 3.63) is 82.9 Å². The first kappa shape index (κ1) is 24.3. The number of phenols is 1. The average Bonchev–Trinajstić information content (AvgIpc) is 2.87. The predicted molar refractivity (Wildman–Crippen MR) is 136 cm³/mol. The Labute approximate surface area is 213 Å². The molecule has 37 heavy (non-hydrogen) atoms.